The third-order valence-corrected chi connectivity index (χ3v) is 5.54. The van der Waals surface area contributed by atoms with Crippen LogP contribution in [0.2, 0.25) is 5.02 Å². The van der Waals surface area contributed by atoms with Crippen molar-refractivity contribution in [3.05, 3.63) is 64.7 Å². The van der Waals surface area contributed by atoms with Gasteiger partial charge in [0.15, 0.2) is 0 Å². The van der Waals surface area contributed by atoms with Crippen molar-refractivity contribution in [3.63, 3.8) is 0 Å². The highest BCUT2D eigenvalue weighted by atomic mass is 35.5. The van der Waals surface area contributed by atoms with Crippen molar-refractivity contribution >= 4 is 22.4 Å². The lowest BCUT2D eigenvalue weighted by Crippen LogP contribution is -2.30. The molecule has 2 rings (SSSR count). The van der Waals surface area contributed by atoms with E-state index in [4.69, 9.17) is 11.6 Å². The molecular formula is C17H20ClNOS. The molecule has 0 fully saturated rings. The van der Waals surface area contributed by atoms with E-state index in [9.17, 15) is 4.21 Å². The van der Waals surface area contributed by atoms with Crippen LogP contribution in [-0.2, 0) is 10.8 Å². The fourth-order valence-electron chi connectivity index (χ4n) is 2.35. The highest BCUT2D eigenvalue weighted by Gasteiger charge is 2.24. The molecule has 0 bridgehead atoms. The number of hydrogen-bond acceptors (Lipinski definition) is 2. The van der Waals surface area contributed by atoms with Crippen molar-refractivity contribution in [2.24, 2.45) is 0 Å². The molecule has 0 amide bonds. The first-order chi connectivity index (χ1) is 10.0. The van der Waals surface area contributed by atoms with Crippen LogP contribution >= 0.6 is 11.6 Å². The third kappa shape index (κ3) is 3.94. The number of aryl methyl sites for hydroxylation is 1. The summed E-state index contributed by atoms with van der Waals surface area (Å²) in [4.78, 5) is 0.805. The number of nitrogens with one attached hydrogen (secondary N) is 1. The first-order valence-electron chi connectivity index (χ1n) is 6.93. The van der Waals surface area contributed by atoms with E-state index in [1.165, 1.54) is 5.56 Å². The first kappa shape index (κ1) is 16.2. The zero-order valence-corrected chi connectivity index (χ0v) is 14.0. The second kappa shape index (κ2) is 7.21. The highest BCUT2D eigenvalue weighted by molar-refractivity contribution is 7.85. The lowest BCUT2D eigenvalue weighted by Gasteiger charge is -2.23. The molecule has 0 spiro atoms. The molecule has 2 aromatic carbocycles. The Morgan fingerprint density at radius 3 is 2.14 bits per heavy atom. The Kier molecular flexibility index (Phi) is 5.57. The second-order valence-electron chi connectivity index (χ2n) is 5.13. The summed E-state index contributed by atoms with van der Waals surface area (Å²) >= 11 is 5.89. The quantitative estimate of drug-likeness (QED) is 0.898. The predicted molar refractivity (Wildman–Crippen MR) is 90.3 cm³/mol. The second-order valence-corrected chi connectivity index (χ2v) is 7.38. The first-order valence-corrected chi connectivity index (χ1v) is 8.52. The topological polar surface area (TPSA) is 29.1 Å². The van der Waals surface area contributed by atoms with Crippen LogP contribution in [0.25, 0.3) is 0 Å². The molecular weight excluding hydrogens is 302 g/mol. The monoisotopic (exact) mass is 321 g/mol. The van der Waals surface area contributed by atoms with E-state index in [1.807, 2.05) is 26.1 Å². The molecule has 0 heterocycles. The van der Waals surface area contributed by atoms with E-state index < -0.39 is 10.8 Å². The maximum atomic E-state index is 12.7. The number of halogens is 1. The zero-order chi connectivity index (χ0) is 15.4. The summed E-state index contributed by atoms with van der Waals surface area (Å²) in [5, 5.41) is 3.90. The molecule has 21 heavy (non-hydrogen) atoms. The van der Waals surface area contributed by atoms with Gasteiger partial charge in [0.1, 0.15) is 0 Å². The number of benzene rings is 2. The minimum atomic E-state index is -1.09. The van der Waals surface area contributed by atoms with Gasteiger partial charge in [0.2, 0.25) is 0 Å². The van der Waals surface area contributed by atoms with Gasteiger partial charge in [-0.25, -0.2) is 0 Å². The fourth-order valence-corrected chi connectivity index (χ4v) is 3.85. The van der Waals surface area contributed by atoms with Crippen molar-refractivity contribution in [2.75, 3.05) is 7.05 Å². The average Bonchev–Trinajstić information content (AvgIpc) is 2.50. The van der Waals surface area contributed by atoms with Gasteiger partial charge in [0.25, 0.3) is 0 Å². The summed E-state index contributed by atoms with van der Waals surface area (Å²) in [7, 11) is 0.809. The van der Waals surface area contributed by atoms with Crippen LogP contribution in [0.1, 0.15) is 24.1 Å². The molecule has 2 nitrogen and oxygen atoms in total. The minimum absolute atomic E-state index is 0.0427. The van der Waals surface area contributed by atoms with Crippen LogP contribution in [0.5, 0.6) is 0 Å². The average molecular weight is 322 g/mol. The van der Waals surface area contributed by atoms with Gasteiger partial charge in [-0.15, -0.1) is 0 Å². The molecule has 0 aliphatic rings. The zero-order valence-electron chi connectivity index (χ0n) is 12.5. The molecule has 4 heteroatoms. The van der Waals surface area contributed by atoms with E-state index in [1.54, 1.807) is 12.1 Å². The number of rotatable bonds is 5. The van der Waals surface area contributed by atoms with E-state index in [0.717, 1.165) is 10.5 Å². The van der Waals surface area contributed by atoms with Gasteiger partial charge in [0, 0.05) is 16.0 Å². The van der Waals surface area contributed by atoms with Gasteiger partial charge in [0.05, 0.1) is 16.0 Å². The predicted octanol–water partition coefficient (Wildman–Crippen LogP) is 4.11. The van der Waals surface area contributed by atoms with Gasteiger partial charge >= 0.3 is 0 Å². The molecule has 0 saturated carbocycles. The van der Waals surface area contributed by atoms with Gasteiger partial charge < -0.3 is 5.32 Å². The Hall–Kier alpha value is -1.16. The van der Waals surface area contributed by atoms with E-state index >= 15 is 0 Å². The maximum Gasteiger partial charge on any atom is 0.0577 e. The van der Waals surface area contributed by atoms with Crippen LogP contribution in [0.4, 0.5) is 0 Å². The molecule has 0 aliphatic heterocycles. The Morgan fingerprint density at radius 1 is 1.05 bits per heavy atom. The summed E-state index contributed by atoms with van der Waals surface area (Å²) in [5.74, 6) is 0. The molecule has 2 aromatic rings. The van der Waals surface area contributed by atoms with Gasteiger partial charge in [-0.3, -0.25) is 4.21 Å². The van der Waals surface area contributed by atoms with E-state index in [-0.39, 0.29) is 11.3 Å². The summed E-state index contributed by atoms with van der Waals surface area (Å²) in [5.41, 5.74) is 2.37. The van der Waals surface area contributed by atoms with E-state index in [0.29, 0.717) is 5.02 Å². The molecule has 0 aliphatic carbocycles. The van der Waals surface area contributed by atoms with Crippen molar-refractivity contribution in [1.82, 2.24) is 5.32 Å². The lowest BCUT2D eigenvalue weighted by atomic mass is 10.0. The van der Waals surface area contributed by atoms with Crippen LogP contribution in [0.15, 0.2) is 53.4 Å². The van der Waals surface area contributed by atoms with Crippen molar-refractivity contribution < 1.29 is 4.21 Å². The Bertz CT molecular complexity index is 610. The highest BCUT2D eigenvalue weighted by Crippen LogP contribution is 2.25. The maximum absolute atomic E-state index is 12.7. The van der Waals surface area contributed by atoms with Gasteiger partial charge in [-0.05, 0) is 50.7 Å². The van der Waals surface area contributed by atoms with Crippen molar-refractivity contribution in [2.45, 2.75) is 30.0 Å². The van der Waals surface area contributed by atoms with Gasteiger partial charge in [-0.1, -0.05) is 41.4 Å². The summed E-state index contributed by atoms with van der Waals surface area (Å²) in [6.45, 7) is 4.07. The molecule has 0 aromatic heterocycles. The standard InChI is InChI=1S/C17H20ClNOS/c1-12-4-6-14(7-5-12)17(19-3)13(2)21(20)16-10-8-15(18)9-11-16/h4-11,13,17,19H,1-3H3. The van der Waals surface area contributed by atoms with Crippen LogP contribution in [0, 0.1) is 6.92 Å². The Balaban J connectivity index is 2.23. The SMILES string of the molecule is CNC(c1ccc(C)cc1)C(C)S(=O)c1ccc(Cl)cc1. The molecule has 0 saturated heterocycles. The molecule has 112 valence electrons. The molecule has 1 N–H and O–H groups in total. The Labute approximate surface area is 134 Å². The largest absolute Gasteiger partial charge is 0.312 e. The Morgan fingerprint density at radius 2 is 1.62 bits per heavy atom. The van der Waals surface area contributed by atoms with Crippen molar-refractivity contribution in [3.8, 4) is 0 Å². The molecule has 0 radical (unpaired) electrons. The minimum Gasteiger partial charge on any atom is -0.312 e. The summed E-state index contributed by atoms with van der Waals surface area (Å²) in [6, 6.07) is 15.6. The third-order valence-electron chi connectivity index (χ3n) is 3.60. The molecule has 3 atom stereocenters. The van der Waals surface area contributed by atoms with Gasteiger partial charge in [-0.2, -0.15) is 0 Å². The number of hydrogen-bond donors (Lipinski definition) is 1. The smallest absolute Gasteiger partial charge is 0.0577 e. The van der Waals surface area contributed by atoms with Crippen LogP contribution < -0.4 is 5.32 Å². The van der Waals surface area contributed by atoms with Crippen LogP contribution in [0.3, 0.4) is 0 Å². The fraction of sp³-hybridized carbons (Fsp3) is 0.294. The summed E-state index contributed by atoms with van der Waals surface area (Å²) in [6.07, 6.45) is 0. The van der Waals surface area contributed by atoms with Crippen molar-refractivity contribution in [1.29, 1.82) is 0 Å². The molecule has 3 unspecified atom stereocenters. The summed E-state index contributed by atoms with van der Waals surface area (Å²) < 4.78 is 12.7. The van der Waals surface area contributed by atoms with E-state index in [2.05, 4.69) is 36.5 Å². The normalized spacial score (nSPS) is 15.4. The van der Waals surface area contributed by atoms with Crippen LogP contribution in [-0.4, -0.2) is 16.5 Å². The lowest BCUT2D eigenvalue weighted by molar-refractivity contribution is 0.570.